The molecule has 1 N–H and O–H groups in total. The van der Waals surface area contributed by atoms with Gasteiger partial charge in [0.25, 0.3) is 5.91 Å². The topological polar surface area (TPSA) is 56.1 Å². The molecule has 1 aliphatic rings. The van der Waals surface area contributed by atoms with Gasteiger partial charge in [-0.05, 0) is 62.2 Å². The van der Waals surface area contributed by atoms with Crippen LogP contribution in [0.25, 0.3) is 11.6 Å². The summed E-state index contributed by atoms with van der Waals surface area (Å²) < 4.78 is 0. The summed E-state index contributed by atoms with van der Waals surface area (Å²) in [7, 11) is 2.03. The van der Waals surface area contributed by atoms with E-state index in [1.165, 1.54) is 6.08 Å². The Bertz CT molecular complexity index is 1030. The zero-order valence-corrected chi connectivity index (χ0v) is 17.1. The number of halogens is 1. The van der Waals surface area contributed by atoms with Crippen molar-refractivity contribution < 1.29 is 4.79 Å². The van der Waals surface area contributed by atoms with E-state index in [2.05, 4.69) is 37.1 Å². The van der Waals surface area contributed by atoms with Crippen LogP contribution >= 0.6 is 11.6 Å². The fraction of sp³-hybridized carbons (Fsp3) is 0.217. The van der Waals surface area contributed by atoms with Gasteiger partial charge in [-0.25, -0.2) is 0 Å². The van der Waals surface area contributed by atoms with E-state index in [4.69, 9.17) is 11.6 Å². The number of para-hydroxylation sites is 1. The van der Waals surface area contributed by atoms with Gasteiger partial charge < -0.3 is 10.2 Å². The molecule has 0 spiro atoms. The molecule has 0 saturated carbocycles. The molecule has 0 fully saturated rings. The van der Waals surface area contributed by atoms with Crippen molar-refractivity contribution in [3.8, 4) is 6.07 Å². The lowest BCUT2D eigenvalue weighted by Crippen LogP contribution is -2.42. The smallest absolute Gasteiger partial charge is 0.266 e. The van der Waals surface area contributed by atoms with Crippen LogP contribution in [0.3, 0.4) is 0 Å². The second-order valence-corrected chi connectivity index (χ2v) is 7.83. The van der Waals surface area contributed by atoms with Gasteiger partial charge >= 0.3 is 0 Å². The Labute approximate surface area is 170 Å². The Balaban J connectivity index is 1.98. The quantitative estimate of drug-likeness (QED) is 0.553. The van der Waals surface area contributed by atoms with Gasteiger partial charge in [-0.2, -0.15) is 5.26 Å². The Morgan fingerprint density at radius 1 is 1.25 bits per heavy atom. The molecule has 5 heteroatoms. The minimum absolute atomic E-state index is 0.00294. The molecule has 0 saturated heterocycles. The molecule has 0 aliphatic carbocycles. The van der Waals surface area contributed by atoms with Crippen molar-refractivity contribution >= 4 is 40.5 Å². The van der Waals surface area contributed by atoms with Crippen LogP contribution in [0.1, 0.15) is 31.9 Å². The van der Waals surface area contributed by atoms with E-state index >= 15 is 0 Å². The fourth-order valence-electron chi connectivity index (χ4n) is 3.32. The molecule has 0 bridgehead atoms. The van der Waals surface area contributed by atoms with Crippen molar-refractivity contribution in [2.75, 3.05) is 17.3 Å². The van der Waals surface area contributed by atoms with Gasteiger partial charge in [-0.3, -0.25) is 4.79 Å². The molecule has 1 heterocycles. The van der Waals surface area contributed by atoms with Crippen LogP contribution < -0.4 is 10.2 Å². The Hall–Kier alpha value is -3.03. The third-order valence-electron chi connectivity index (χ3n) is 5.03. The lowest BCUT2D eigenvalue weighted by atomic mass is 9.88. The number of allylic oxidation sites excluding steroid dienone is 1. The first-order valence-electron chi connectivity index (χ1n) is 8.98. The molecule has 2 aromatic carbocycles. The first-order valence-corrected chi connectivity index (χ1v) is 9.36. The highest BCUT2D eigenvalue weighted by molar-refractivity contribution is 6.32. The zero-order valence-electron chi connectivity index (χ0n) is 16.4. The molecule has 2 aromatic rings. The molecule has 0 aromatic heterocycles. The van der Waals surface area contributed by atoms with Crippen LogP contribution in [0.2, 0.25) is 5.02 Å². The van der Waals surface area contributed by atoms with Crippen LogP contribution in [0, 0.1) is 11.3 Å². The first-order chi connectivity index (χ1) is 13.2. The monoisotopic (exact) mass is 391 g/mol. The van der Waals surface area contributed by atoms with Crippen LogP contribution in [0.15, 0.2) is 54.1 Å². The molecular formula is C23H22ClN3O. The number of anilines is 2. The Morgan fingerprint density at radius 2 is 1.93 bits per heavy atom. The summed E-state index contributed by atoms with van der Waals surface area (Å²) in [5.74, 6) is -0.465. The molecule has 28 heavy (non-hydrogen) atoms. The van der Waals surface area contributed by atoms with Gasteiger partial charge in [-0.15, -0.1) is 0 Å². The number of hydrogen-bond acceptors (Lipinski definition) is 3. The molecular weight excluding hydrogens is 370 g/mol. The maximum absolute atomic E-state index is 12.5. The molecule has 3 rings (SSSR count). The van der Waals surface area contributed by atoms with Crippen molar-refractivity contribution in [3.63, 3.8) is 0 Å². The van der Waals surface area contributed by atoms with Crippen LogP contribution in [0.5, 0.6) is 0 Å². The van der Waals surface area contributed by atoms with E-state index in [1.807, 2.05) is 43.4 Å². The standard InChI is InChI=1S/C23H22ClN3O/c1-15-13-23(2,3)27(4)21-12-20(24)16(11-19(15)21)10-17(14-25)22(28)26-18-8-6-5-7-9-18/h5-13H,1-4H3,(H,26,28)/b17-10-. The third kappa shape index (κ3) is 3.81. The summed E-state index contributed by atoms with van der Waals surface area (Å²) in [6.07, 6.45) is 3.73. The molecule has 0 atom stereocenters. The number of nitriles is 1. The highest BCUT2D eigenvalue weighted by Gasteiger charge is 2.29. The number of amides is 1. The average Bonchev–Trinajstić information content (AvgIpc) is 2.65. The maximum Gasteiger partial charge on any atom is 0.266 e. The number of rotatable bonds is 3. The van der Waals surface area contributed by atoms with Gasteiger partial charge in [-0.1, -0.05) is 35.9 Å². The summed E-state index contributed by atoms with van der Waals surface area (Å²) in [4.78, 5) is 14.7. The van der Waals surface area contributed by atoms with Crippen molar-refractivity contribution in [1.82, 2.24) is 0 Å². The van der Waals surface area contributed by atoms with Crippen molar-refractivity contribution in [3.05, 3.63) is 70.3 Å². The molecule has 0 radical (unpaired) electrons. The number of likely N-dealkylation sites (N-methyl/N-ethyl adjacent to an activating group) is 1. The number of hydrogen-bond donors (Lipinski definition) is 1. The normalized spacial score (nSPS) is 15.4. The van der Waals surface area contributed by atoms with Gasteiger partial charge in [0.1, 0.15) is 11.6 Å². The lowest BCUT2D eigenvalue weighted by molar-refractivity contribution is -0.112. The van der Waals surface area contributed by atoms with Crippen molar-refractivity contribution in [1.29, 1.82) is 5.26 Å². The SMILES string of the molecule is CC1=CC(C)(C)N(C)c2cc(Cl)c(/C=C(/C#N)C(=O)Nc3ccccc3)cc21. The predicted molar refractivity (Wildman–Crippen MR) is 116 cm³/mol. The van der Waals surface area contributed by atoms with Crippen molar-refractivity contribution in [2.24, 2.45) is 0 Å². The number of nitrogens with zero attached hydrogens (tertiary/aromatic N) is 2. The van der Waals surface area contributed by atoms with Crippen LogP contribution in [-0.2, 0) is 4.79 Å². The minimum atomic E-state index is -0.465. The fourth-order valence-corrected chi connectivity index (χ4v) is 3.53. The third-order valence-corrected chi connectivity index (χ3v) is 5.36. The summed E-state index contributed by atoms with van der Waals surface area (Å²) in [6, 6.07) is 14.8. The second-order valence-electron chi connectivity index (χ2n) is 7.42. The summed E-state index contributed by atoms with van der Waals surface area (Å²) >= 11 is 6.50. The summed E-state index contributed by atoms with van der Waals surface area (Å²) in [6.45, 7) is 6.34. The van der Waals surface area contributed by atoms with E-state index in [-0.39, 0.29) is 11.1 Å². The van der Waals surface area contributed by atoms with Crippen LogP contribution in [0.4, 0.5) is 11.4 Å². The Kier molecular flexibility index (Phi) is 5.31. The zero-order chi connectivity index (χ0) is 20.5. The molecule has 142 valence electrons. The minimum Gasteiger partial charge on any atom is -0.365 e. The number of benzene rings is 2. The predicted octanol–water partition coefficient (Wildman–Crippen LogP) is 5.52. The van der Waals surface area contributed by atoms with E-state index in [0.717, 1.165) is 16.8 Å². The van der Waals surface area contributed by atoms with Crippen LogP contribution in [-0.4, -0.2) is 18.5 Å². The van der Waals surface area contributed by atoms with E-state index in [0.29, 0.717) is 16.3 Å². The molecule has 4 nitrogen and oxygen atoms in total. The highest BCUT2D eigenvalue weighted by Crippen LogP contribution is 2.40. The van der Waals surface area contributed by atoms with Gasteiger partial charge in [0.05, 0.1) is 5.54 Å². The number of carbonyl (C=O) groups is 1. The maximum atomic E-state index is 12.5. The first kappa shape index (κ1) is 19.7. The lowest BCUT2D eigenvalue weighted by Gasteiger charge is -2.40. The molecule has 0 unspecified atom stereocenters. The molecule has 1 amide bonds. The largest absolute Gasteiger partial charge is 0.365 e. The highest BCUT2D eigenvalue weighted by atomic mass is 35.5. The van der Waals surface area contributed by atoms with Gasteiger partial charge in [0.15, 0.2) is 0 Å². The second kappa shape index (κ2) is 7.53. The number of nitrogens with one attached hydrogen (secondary N) is 1. The number of carbonyl (C=O) groups excluding carboxylic acids is 1. The van der Waals surface area contributed by atoms with Gasteiger partial charge in [0.2, 0.25) is 0 Å². The summed E-state index contributed by atoms with van der Waals surface area (Å²) in [5, 5.41) is 12.7. The summed E-state index contributed by atoms with van der Waals surface area (Å²) in [5.41, 5.74) is 4.35. The van der Waals surface area contributed by atoms with E-state index in [9.17, 15) is 10.1 Å². The van der Waals surface area contributed by atoms with E-state index in [1.54, 1.807) is 12.1 Å². The van der Waals surface area contributed by atoms with Crippen molar-refractivity contribution in [2.45, 2.75) is 26.3 Å². The Morgan fingerprint density at radius 3 is 2.57 bits per heavy atom. The van der Waals surface area contributed by atoms with Gasteiger partial charge in [0, 0.05) is 29.0 Å². The van der Waals surface area contributed by atoms with E-state index < -0.39 is 5.91 Å². The number of fused-ring (bicyclic) bond motifs is 1. The molecule has 1 aliphatic heterocycles. The average molecular weight is 392 g/mol.